The second kappa shape index (κ2) is 20.5. The number of hydrogen-bond donors (Lipinski definition) is 1. The maximum Gasteiger partial charge on any atom is 0.329 e. The number of nitrogens with zero attached hydrogens (tertiary/aromatic N) is 5. The van der Waals surface area contributed by atoms with Crippen LogP contribution in [0.3, 0.4) is 0 Å². The Morgan fingerprint density at radius 2 is 1.42 bits per heavy atom. The van der Waals surface area contributed by atoms with E-state index in [1.807, 2.05) is 92.5 Å². The van der Waals surface area contributed by atoms with Crippen LogP contribution in [0.5, 0.6) is 5.75 Å². The standard InChI is InChI=1S/C42H60N6O4/c1-7-9-16-23-45(24-17-10-8-2)41(50)46-26-27-47(42(51)48(36-19-12-11-13-20-36)37-29-33(3)28-34(4)30-37)38(32-46)40(49)43-22-25-44(5)31-35-18-14-15-21-39(35)52-6/h11-15,18-21,28-30,38H,7-10,16-17,22-27,31-32H2,1-6H3,(H,43,49)/t38-/m0/s1. The van der Waals surface area contributed by atoms with Crippen LogP contribution in [0.4, 0.5) is 21.0 Å². The largest absolute Gasteiger partial charge is 0.496 e. The lowest BCUT2D eigenvalue weighted by Gasteiger charge is -2.43. The lowest BCUT2D eigenvalue weighted by molar-refractivity contribution is -0.127. The number of ether oxygens (including phenoxy) is 1. The molecule has 3 aromatic rings. The van der Waals surface area contributed by atoms with Crippen molar-refractivity contribution in [3.63, 3.8) is 0 Å². The van der Waals surface area contributed by atoms with Gasteiger partial charge in [-0.2, -0.15) is 0 Å². The molecule has 1 fully saturated rings. The van der Waals surface area contributed by atoms with E-state index in [1.165, 1.54) is 0 Å². The van der Waals surface area contributed by atoms with Crippen LogP contribution < -0.4 is 15.0 Å². The van der Waals surface area contributed by atoms with Gasteiger partial charge in [0.05, 0.1) is 25.0 Å². The summed E-state index contributed by atoms with van der Waals surface area (Å²) in [6.45, 7) is 12.1. The van der Waals surface area contributed by atoms with Crippen molar-refractivity contribution >= 4 is 29.3 Å². The van der Waals surface area contributed by atoms with E-state index in [9.17, 15) is 14.4 Å². The zero-order chi connectivity index (χ0) is 37.5. The SMILES string of the molecule is CCCCCN(CCCCC)C(=O)N1CCN(C(=O)N(c2ccccc2)c2cc(C)cc(C)c2)[C@H](C(=O)NCCN(C)Cc2ccccc2OC)C1. The Kier molecular flexibility index (Phi) is 15.8. The predicted octanol–water partition coefficient (Wildman–Crippen LogP) is 7.61. The molecule has 1 saturated heterocycles. The number of nitrogens with one attached hydrogen (secondary N) is 1. The van der Waals surface area contributed by atoms with Crippen LogP contribution in [-0.2, 0) is 11.3 Å². The molecule has 1 N–H and O–H groups in total. The van der Waals surface area contributed by atoms with Crippen LogP contribution in [0, 0.1) is 13.8 Å². The Balaban J connectivity index is 1.58. The van der Waals surface area contributed by atoms with E-state index in [4.69, 9.17) is 4.74 Å². The number of carbonyl (C=O) groups is 3. The van der Waals surface area contributed by atoms with Gasteiger partial charge in [-0.25, -0.2) is 9.59 Å². The molecule has 0 radical (unpaired) electrons. The van der Waals surface area contributed by atoms with Crippen LogP contribution in [0.25, 0.3) is 0 Å². The highest BCUT2D eigenvalue weighted by molar-refractivity contribution is 6.02. The average molecular weight is 713 g/mol. The summed E-state index contributed by atoms with van der Waals surface area (Å²) in [5, 5.41) is 3.12. The monoisotopic (exact) mass is 712 g/mol. The first-order valence-corrected chi connectivity index (χ1v) is 19.0. The molecule has 1 aliphatic heterocycles. The molecule has 5 amide bonds. The van der Waals surface area contributed by atoms with Crippen LogP contribution >= 0.6 is 0 Å². The smallest absolute Gasteiger partial charge is 0.329 e. The third-order valence-electron chi connectivity index (χ3n) is 9.63. The van der Waals surface area contributed by atoms with E-state index in [0.29, 0.717) is 45.0 Å². The number of benzene rings is 3. The summed E-state index contributed by atoms with van der Waals surface area (Å²) in [7, 11) is 3.67. The van der Waals surface area contributed by atoms with E-state index >= 15 is 0 Å². The fourth-order valence-electron chi connectivity index (χ4n) is 6.86. The van der Waals surface area contributed by atoms with Crippen molar-refractivity contribution in [3.8, 4) is 5.75 Å². The van der Waals surface area contributed by atoms with Gasteiger partial charge in [-0.05, 0) is 75.2 Å². The van der Waals surface area contributed by atoms with Crippen molar-refractivity contribution in [2.45, 2.75) is 78.8 Å². The molecule has 0 spiro atoms. The molecule has 4 rings (SSSR count). The first-order chi connectivity index (χ1) is 25.2. The van der Waals surface area contributed by atoms with Crippen molar-refractivity contribution in [1.82, 2.24) is 24.9 Å². The van der Waals surface area contributed by atoms with E-state index in [0.717, 1.165) is 66.7 Å². The Morgan fingerprint density at radius 1 is 0.788 bits per heavy atom. The molecule has 1 atom stereocenters. The van der Waals surface area contributed by atoms with Crippen LogP contribution in [0.1, 0.15) is 69.1 Å². The minimum Gasteiger partial charge on any atom is -0.496 e. The van der Waals surface area contributed by atoms with Gasteiger partial charge >= 0.3 is 12.1 Å². The van der Waals surface area contributed by atoms with Crippen LogP contribution in [0.15, 0.2) is 72.8 Å². The zero-order valence-corrected chi connectivity index (χ0v) is 32.3. The van der Waals surface area contributed by atoms with Gasteiger partial charge in [0.2, 0.25) is 5.91 Å². The second-order valence-corrected chi connectivity index (χ2v) is 14.0. The maximum atomic E-state index is 14.8. The van der Waals surface area contributed by atoms with E-state index < -0.39 is 6.04 Å². The second-order valence-electron chi connectivity index (χ2n) is 14.0. The lowest BCUT2D eigenvalue weighted by atomic mass is 10.1. The molecule has 1 aliphatic rings. The number of methoxy groups -OCH3 is 1. The minimum atomic E-state index is -0.866. The summed E-state index contributed by atoms with van der Waals surface area (Å²) in [5.41, 5.74) is 4.59. The van der Waals surface area contributed by atoms with Crippen LogP contribution in [-0.4, -0.2) is 104 Å². The number of rotatable bonds is 17. The summed E-state index contributed by atoms with van der Waals surface area (Å²) in [4.78, 5) is 52.3. The highest BCUT2D eigenvalue weighted by Gasteiger charge is 2.40. The molecule has 282 valence electrons. The molecule has 3 aromatic carbocycles. The summed E-state index contributed by atoms with van der Waals surface area (Å²) in [6.07, 6.45) is 6.16. The molecule has 1 heterocycles. The van der Waals surface area contributed by atoms with Gasteiger partial charge < -0.3 is 29.7 Å². The van der Waals surface area contributed by atoms with Crippen molar-refractivity contribution in [1.29, 1.82) is 0 Å². The number of urea groups is 2. The van der Waals surface area contributed by atoms with E-state index in [2.05, 4.69) is 30.1 Å². The molecule has 0 unspecified atom stereocenters. The number of anilines is 2. The first-order valence-electron chi connectivity index (χ1n) is 19.0. The maximum absolute atomic E-state index is 14.8. The lowest BCUT2D eigenvalue weighted by Crippen LogP contribution is -2.64. The molecular formula is C42H60N6O4. The minimum absolute atomic E-state index is 0.0529. The Bertz CT molecular complexity index is 1550. The fraction of sp³-hybridized carbons (Fsp3) is 0.500. The van der Waals surface area contributed by atoms with Crippen molar-refractivity contribution in [3.05, 3.63) is 89.5 Å². The number of unbranched alkanes of at least 4 members (excludes halogenated alkanes) is 4. The van der Waals surface area contributed by atoms with E-state index in [1.54, 1.807) is 21.8 Å². The quantitative estimate of drug-likeness (QED) is 0.146. The topological polar surface area (TPSA) is 88.7 Å². The van der Waals surface area contributed by atoms with Crippen molar-refractivity contribution < 1.29 is 19.1 Å². The summed E-state index contributed by atoms with van der Waals surface area (Å²) < 4.78 is 5.53. The molecule has 10 nitrogen and oxygen atoms in total. The number of piperazine rings is 1. The molecule has 0 bridgehead atoms. The van der Waals surface area contributed by atoms with Gasteiger partial charge in [0.25, 0.3) is 0 Å². The summed E-state index contributed by atoms with van der Waals surface area (Å²) >= 11 is 0. The molecule has 0 saturated carbocycles. The number of carbonyl (C=O) groups excluding carboxylic acids is 3. The van der Waals surface area contributed by atoms with Crippen molar-refractivity contribution in [2.24, 2.45) is 0 Å². The predicted molar refractivity (Wildman–Crippen MR) is 210 cm³/mol. The molecule has 0 aromatic heterocycles. The average Bonchev–Trinajstić information content (AvgIpc) is 3.14. The molecule has 0 aliphatic carbocycles. The summed E-state index contributed by atoms with van der Waals surface area (Å²) in [6, 6.07) is 22.3. The number of aryl methyl sites for hydroxylation is 2. The van der Waals surface area contributed by atoms with Gasteiger partial charge in [-0.15, -0.1) is 0 Å². The third kappa shape index (κ3) is 11.2. The summed E-state index contributed by atoms with van der Waals surface area (Å²) in [5.74, 6) is 0.554. The molecule has 52 heavy (non-hydrogen) atoms. The Morgan fingerprint density at radius 3 is 2.06 bits per heavy atom. The van der Waals surface area contributed by atoms with Gasteiger partial charge in [0.1, 0.15) is 11.8 Å². The van der Waals surface area contributed by atoms with E-state index in [-0.39, 0.29) is 31.1 Å². The normalized spacial score (nSPS) is 14.3. The van der Waals surface area contributed by atoms with Gasteiger partial charge in [-0.1, -0.05) is 82.0 Å². The molecular weight excluding hydrogens is 653 g/mol. The highest BCUT2D eigenvalue weighted by Crippen LogP contribution is 2.30. The fourth-order valence-corrected chi connectivity index (χ4v) is 6.86. The third-order valence-corrected chi connectivity index (χ3v) is 9.63. The Hall–Kier alpha value is -4.57. The highest BCUT2D eigenvalue weighted by atomic mass is 16.5. The van der Waals surface area contributed by atoms with Gasteiger partial charge in [0.15, 0.2) is 0 Å². The number of amides is 5. The Labute approximate surface area is 311 Å². The van der Waals surface area contributed by atoms with Crippen molar-refractivity contribution in [2.75, 3.05) is 64.9 Å². The van der Waals surface area contributed by atoms with Gasteiger partial charge in [0, 0.05) is 51.4 Å². The first kappa shape index (κ1) is 40.2. The molecule has 10 heteroatoms. The number of hydrogen-bond acceptors (Lipinski definition) is 5. The number of para-hydroxylation sites is 2. The number of likely N-dealkylation sites (N-methyl/N-ethyl adjacent to an activating group) is 1. The van der Waals surface area contributed by atoms with Gasteiger partial charge in [-0.3, -0.25) is 9.69 Å². The zero-order valence-electron chi connectivity index (χ0n) is 32.3. The van der Waals surface area contributed by atoms with Crippen LogP contribution in [0.2, 0.25) is 0 Å².